The Morgan fingerprint density at radius 3 is 2.70 bits per heavy atom. The molecule has 1 aromatic carbocycles. The zero-order valence-corrected chi connectivity index (χ0v) is 23.0. The van der Waals surface area contributed by atoms with E-state index >= 15 is 0 Å². The Labute approximate surface area is 220 Å². The van der Waals surface area contributed by atoms with Crippen LogP contribution < -0.4 is 4.74 Å². The number of sulfonamides is 1. The molecule has 1 amide bonds. The minimum Gasteiger partial charge on any atom is -0.487 e. The summed E-state index contributed by atoms with van der Waals surface area (Å²) >= 11 is 0. The van der Waals surface area contributed by atoms with E-state index in [9.17, 15) is 18.3 Å². The molecule has 1 N–H and O–H groups in total. The molecule has 1 aromatic heterocycles. The number of aliphatic hydroxyl groups is 1. The molecule has 0 bridgehead atoms. The van der Waals surface area contributed by atoms with Crippen LogP contribution >= 0.6 is 0 Å². The molecule has 0 fully saturated rings. The Hall–Kier alpha value is -2.93. The summed E-state index contributed by atoms with van der Waals surface area (Å²) in [5.41, 5.74) is 1.47. The fraction of sp³-hybridized carbons (Fsp3) is 0.500. The first kappa shape index (κ1) is 28.6. The highest BCUT2D eigenvalue weighted by atomic mass is 32.2. The fourth-order valence-corrected chi connectivity index (χ4v) is 5.89. The standard InChI is InChI=1S/C28H37N3O5S/c1-20(2)8-6-9-23-11-12-27-25(14-23)36-26(21(3)17-31(22(4)19-32)37(27,34)35)18-30(5)28(33)15-24-10-7-13-29-16-24/h7,10-14,16,20-22,26,32H,8,15,17-19H2,1-5H3/t21-,22+,26+/m1/s1. The van der Waals surface area contributed by atoms with Crippen molar-refractivity contribution < 1.29 is 23.1 Å². The average Bonchev–Trinajstić information content (AvgIpc) is 2.86. The Morgan fingerprint density at radius 1 is 1.30 bits per heavy atom. The number of carbonyl (C=O) groups is 1. The summed E-state index contributed by atoms with van der Waals surface area (Å²) in [6.45, 7) is 7.85. The highest BCUT2D eigenvalue weighted by molar-refractivity contribution is 7.89. The number of hydrogen-bond donors (Lipinski definition) is 1. The molecule has 0 radical (unpaired) electrons. The van der Waals surface area contributed by atoms with Crippen molar-refractivity contribution in [3.05, 3.63) is 53.9 Å². The van der Waals surface area contributed by atoms with Gasteiger partial charge in [-0.15, -0.1) is 0 Å². The smallest absolute Gasteiger partial charge is 0.247 e. The van der Waals surface area contributed by atoms with Crippen molar-refractivity contribution in [2.75, 3.05) is 26.7 Å². The van der Waals surface area contributed by atoms with E-state index in [-0.39, 0.29) is 48.6 Å². The lowest BCUT2D eigenvalue weighted by Crippen LogP contribution is -2.50. The summed E-state index contributed by atoms with van der Waals surface area (Å²) in [6.07, 6.45) is 3.77. The molecular weight excluding hydrogens is 490 g/mol. The fourth-order valence-electron chi connectivity index (χ4n) is 4.06. The third-order valence-corrected chi connectivity index (χ3v) is 8.39. The van der Waals surface area contributed by atoms with E-state index in [1.165, 1.54) is 10.4 Å². The minimum absolute atomic E-state index is 0.0310. The molecule has 2 heterocycles. The van der Waals surface area contributed by atoms with Crippen LogP contribution in [0, 0.1) is 23.7 Å². The summed E-state index contributed by atoms with van der Waals surface area (Å²) in [4.78, 5) is 18.6. The van der Waals surface area contributed by atoms with Gasteiger partial charge >= 0.3 is 0 Å². The number of pyridine rings is 1. The monoisotopic (exact) mass is 527 g/mol. The molecule has 3 atom stereocenters. The molecule has 1 aliphatic rings. The maximum Gasteiger partial charge on any atom is 0.247 e. The van der Waals surface area contributed by atoms with Crippen LogP contribution in [0.25, 0.3) is 0 Å². The van der Waals surface area contributed by atoms with E-state index in [2.05, 4.69) is 30.7 Å². The van der Waals surface area contributed by atoms with Gasteiger partial charge in [-0.25, -0.2) is 8.42 Å². The van der Waals surface area contributed by atoms with Gasteiger partial charge in [0.25, 0.3) is 0 Å². The molecule has 2 aromatic rings. The predicted molar refractivity (Wildman–Crippen MR) is 142 cm³/mol. The van der Waals surface area contributed by atoms with Crippen molar-refractivity contribution in [1.29, 1.82) is 0 Å². The SMILES string of the molecule is CC(C)CC#Cc1ccc2c(c1)O[C@@H](CN(C)C(=O)Cc1cccnc1)[C@H](C)CN([C@@H](C)CO)S2(=O)=O. The molecule has 0 saturated heterocycles. The number of aliphatic hydroxyl groups excluding tert-OH is 1. The lowest BCUT2D eigenvalue weighted by molar-refractivity contribution is -0.130. The van der Waals surface area contributed by atoms with E-state index in [1.807, 2.05) is 13.0 Å². The van der Waals surface area contributed by atoms with E-state index in [1.54, 1.807) is 49.5 Å². The Morgan fingerprint density at radius 2 is 2.05 bits per heavy atom. The van der Waals surface area contributed by atoms with Gasteiger partial charge in [0.15, 0.2) is 0 Å². The maximum atomic E-state index is 13.6. The summed E-state index contributed by atoms with van der Waals surface area (Å²) in [5.74, 6) is 6.50. The zero-order valence-electron chi connectivity index (χ0n) is 22.2. The van der Waals surface area contributed by atoms with Crippen molar-refractivity contribution >= 4 is 15.9 Å². The first-order valence-electron chi connectivity index (χ1n) is 12.6. The second-order valence-corrected chi connectivity index (χ2v) is 12.0. The van der Waals surface area contributed by atoms with Crippen LogP contribution in [0.5, 0.6) is 5.75 Å². The highest BCUT2D eigenvalue weighted by Gasteiger charge is 2.38. The quantitative estimate of drug-likeness (QED) is 0.556. The highest BCUT2D eigenvalue weighted by Crippen LogP contribution is 2.34. The van der Waals surface area contributed by atoms with Gasteiger partial charge < -0.3 is 14.7 Å². The van der Waals surface area contributed by atoms with E-state index in [0.717, 1.165) is 12.0 Å². The lowest BCUT2D eigenvalue weighted by Gasteiger charge is -2.37. The van der Waals surface area contributed by atoms with Gasteiger partial charge in [-0.2, -0.15) is 4.31 Å². The number of aromatic nitrogens is 1. The molecule has 3 rings (SSSR count). The van der Waals surface area contributed by atoms with Crippen molar-refractivity contribution in [2.45, 2.75) is 57.6 Å². The van der Waals surface area contributed by atoms with Gasteiger partial charge in [0.05, 0.1) is 19.6 Å². The van der Waals surface area contributed by atoms with Crippen molar-refractivity contribution in [1.82, 2.24) is 14.2 Å². The predicted octanol–water partition coefficient (Wildman–Crippen LogP) is 2.95. The van der Waals surface area contributed by atoms with E-state index < -0.39 is 22.2 Å². The number of hydrogen-bond acceptors (Lipinski definition) is 6. The van der Waals surface area contributed by atoms with Crippen molar-refractivity contribution in [3.63, 3.8) is 0 Å². The number of carbonyl (C=O) groups excluding carboxylic acids is 1. The number of benzene rings is 1. The largest absolute Gasteiger partial charge is 0.487 e. The van der Waals surface area contributed by atoms with Crippen LogP contribution in [-0.4, -0.2) is 72.5 Å². The number of likely N-dealkylation sites (N-methyl/N-ethyl adjacent to an activating group) is 1. The van der Waals surface area contributed by atoms with E-state index in [4.69, 9.17) is 4.74 Å². The van der Waals surface area contributed by atoms with Crippen molar-refractivity contribution in [2.24, 2.45) is 11.8 Å². The summed E-state index contributed by atoms with van der Waals surface area (Å²) < 4.78 is 34.9. The summed E-state index contributed by atoms with van der Waals surface area (Å²) in [6, 6.07) is 7.88. The zero-order chi connectivity index (χ0) is 27.2. The molecule has 0 saturated carbocycles. The first-order valence-corrected chi connectivity index (χ1v) is 14.0. The molecular formula is C28H37N3O5S. The average molecular weight is 528 g/mol. The Balaban J connectivity index is 1.95. The van der Waals surface area contributed by atoms with Crippen LogP contribution in [0.3, 0.4) is 0 Å². The second kappa shape index (κ2) is 12.5. The van der Waals surface area contributed by atoms with Gasteiger partial charge in [0.2, 0.25) is 15.9 Å². The first-order chi connectivity index (χ1) is 17.5. The molecule has 1 aliphatic heterocycles. The van der Waals surface area contributed by atoms with Crippen LogP contribution in [0.1, 0.15) is 45.2 Å². The molecule has 0 spiro atoms. The van der Waals surface area contributed by atoms with Gasteiger partial charge in [-0.1, -0.05) is 38.7 Å². The number of ether oxygens (including phenoxy) is 1. The molecule has 0 aliphatic carbocycles. The third kappa shape index (κ3) is 7.31. The summed E-state index contributed by atoms with van der Waals surface area (Å²) in [5, 5.41) is 9.81. The second-order valence-electron chi connectivity index (χ2n) is 10.1. The third-order valence-electron chi connectivity index (χ3n) is 6.37. The number of fused-ring (bicyclic) bond motifs is 1. The molecule has 9 heteroatoms. The Kier molecular flexibility index (Phi) is 9.71. The normalized spacial score (nSPS) is 20.0. The van der Waals surface area contributed by atoms with Crippen LogP contribution in [-0.2, 0) is 21.2 Å². The molecule has 0 unspecified atom stereocenters. The van der Waals surface area contributed by atoms with Crippen molar-refractivity contribution in [3.8, 4) is 17.6 Å². The van der Waals surface area contributed by atoms with Gasteiger partial charge in [-0.05, 0) is 42.7 Å². The summed E-state index contributed by atoms with van der Waals surface area (Å²) in [7, 11) is -2.22. The molecule has 200 valence electrons. The number of nitrogens with zero attached hydrogens (tertiary/aromatic N) is 3. The van der Waals surface area contributed by atoms with Gasteiger partial charge in [0.1, 0.15) is 16.7 Å². The molecule has 37 heavy (non-hydrogen) atoms. The van der Waals surface area contributed by atoms with Gasteiger partial charge in [-0.3, -0.25) is 9.78 Å². The van der Waals surface area contributed by atoms with Gasteiger partial charge in [0, 0.05) is 49.9 Å². The topological polar surface area (TPSA) is 100 Å². The van der Waals surface area contributed by atoms with Crippen LogP contribution in [0.15, 0.2) is 47.6 Å². The van der Waals surface area contributed by atoms with Crippen LogP contribution in [0.2, 0.25) is 0 Å². The molecule has 8 nitrogen and oxygen atoms in total. The van der Waals surface area contributed by atoms with E-state index in [0.29, 0.717) is 11.5 Å². The maximum absolute atomic E-state index is 13.6. The van der Waals surface area contributed by atoms with Crippen LogP contribution in [0.4, 0.5) is 0 Å². The minimum atomic E-state index is -3.93. The number of rotatable bonds is 7. The lowest BCUT2D eigenvalue weighted by atomic mass is 10.0. The number of amides is 1. The Bertz CT molecular complexity index is 1240.